The summed E-state index contributed by atoms with van der Waals surface area (Å²) in [5.74, 6) is 0.662. The number of aliphatic hydroxyl groups excluding tert-OH is 9. The molecule has 2 aliphatic heterocycles. The Morgan fingerprint density at radius 2 is 1.30 bits per heavy atom. The Kier molecular flexibility index (Phi) is 12.2. The van der Waals surface area contributed by atoms with E-state index in [0.29, 0.717) is 18.3 Å². The third-order valence-electron chi connectivity index (χ3n) is 17.0. The Morgan fingerprint density at radius 1 is 0.750 bits per heavy atom. The molecular formula is C41H68O15. The Labute approximate surface area is 329 Å². The zero-order valence-corrected chi connectivity index (χ0v) is 33.3. The van der Waals surface area contributed by atoms with Crippen LogP contribution in [0.5, 0.6) is 0 Å². The maximum atomic E-state index is 13.5. The minimum absolute atomic E-state index is 0.00812. The standard InChI is InChI=1S/C41H68O15/c1-19(2)41(52,18-54-37-35(51)33(49)31(47)29(15-43)56-37)13-27(45)20(3)22-5-7-24-25-8-6-23-21(16-53-36-34(50)32(48)30(46)28(14-42)55-36)26(44)9-10-39(23)17-40(25,39)12-11-38(22,24)4/h19-25,27-37,42-43,45-52H,5-18H2,1-4H3/t20-,21-,22+,23-,24-,25-,27+,28+,29+,30+,31+,32-,33-,34+,35+,36+,37+,38+,39+,40-,41-/m0/s1. The number of ether oxygens (including phenoxy) is 4. The van der Waals surface area contributed by atoms with E-state index in [0.717, 1.165) is 51.4 Å². The highest BCUT2D eigenvalue weighted by molar-refractivity contribution is 5.83. The zero-order valence-electron chi connectivity index (χ0n) is 33.3. The van der Waals surface area contributed by atoms with E-state index < -0.39 is 86.3 Å². The zero-order chi connectivity index (χ0) is 40.7. The van der Waals surface area contributed by atoms with Gasteiger partial charge in [-0.1, -0.05) is 27.7 Å². The lowest BCUT2D eigenvalue weighted by atomic mass is 9.48. The molecule has 0 aromatic heterocycles. The number of Topliss-reactive ketones (excluding diaryl/α,β-unsaturated/α-hetero) is 1. The van der Waals surface area contributed by atoms with Gasteiger partial charge in [0, 0.05) is 18.8 Å². The first-order chi connectivity index (χ1) is 26.4. The van der Waals surface area contributed by atoms with Crippen LogP contribution in [-0.2, 0) is 23.7 Å². The third-order valence-corrected chi connectivity index (χ3v) is 17.0. The van der Waals surface area contributed by atoms with Gasteiger partial charge >= 0.3 is 0 Å². The fourth-order valence-electron chi connectivity index (χ4n) is 13.4. The predicted octanol–water partition coefficient (Wildman–Crippen LogP) is -0.398. The molecular weight excluding hydrogens is 732 g/mol. The number of rotatable bonds is 13. The summed E-state index contributed by atoms with van der Waals surface area (Å²) in [6.07, 6.45) is -6.53. The van der Waals surface area contributed by atoms with Gasteiger partial charge in [0.15, 0.2) is 12.6 Å². The van der Waals surface area contributed by atoms with Crippen molar-refractivity contribution in [3.63, 3.8) is 0 Å². The van der Waals surface area contributed by atoms with E-state index in [-0.39, 0.29) is 71.3 Å². The van der Waals surface area contributed by atoms with E-state index in [2.05, 4.69) is 13.8 Å². The topological polar surface area (TPSA) is 256 Å². The normalized spacial score (nSPS) is 51.0. The van der Waals surface area contributed by atoms with E-state index in [1.165, 1.54) is 0 Å². The number of hydrogen-bond donors (Lipinski definition) is 10. The van der Waals surface area contributed by atoms with Gasteiger partial charge in [0.2, 0.25) is 0 Å². The minimum Gasteiger partial charge on any atom is -0.394 e. The molecule has 0 unspecified atom stereocenters. The predicted molar refractivity (Wildman–Crippen MR) is 196 cm³/mol. The maximum absolute atomic E-state index is 13.5. The molecule has 0 aromatic carbocycles. The van der Waals surface area contributed by atoms with Crippen molar-refractivity contribution in [1.82, 2.24) is 0 Å². The SMILES string of the molecule is CC(C)[C@@](O)(CO[C@@H]1O[C@H](CO)[C@@H](O)[C@H](O)[C@H]1O)C[C@@H](O)[C@@H](C)[C@H]1CC[C@H]2[C@@H]3CC[C@H]4[C@H](CO[C@@H]5O[C@H](CO)[C@@H](O)[C@H](O)[C@H]5O)C(=O)CC[C@@]45C[C@@]35CC[C@]12C. The first-order valence-electron chi connectivity index (χ1n) is 21.2. The fraction of sp³-hybridized carbons (Fsp3) is 0.976. The highest BCUT2D eigenvalue weighted by atomic mass is 16.7. The van der Waals surface area contributed by atoms with Crippen molar-refractivity contribution in [3.8, 4) is 0 Å². The van der Waals surface area contributed by atoms with Gasteiger partial charge in [-0.15, -0.1) is 0 Å². The summed E-state index contributed by atoms with van der Waals surface area (Å²) < 4.78 is 22.9. The first-order valence-corrected chi connectivity index (χ1v) is 21.2. The molecule has 7 fully saturated rings. The first kappa shape index (κ1) is 43.2. The molecule has 10 N–H and O–H groups in total. The van der Waals surface area contributed by atoms with Gasteiger partial charge in [-0.3, -0.25) is 4.79 Å². The summed E-state index contributed by atoms with van der Waals surface area (Å²) in [5, 5.41) is 105. The molecule has 0 amide bonds. The molecule has 5 aliphatic carbocycles. The van der Waals surface area contributed by atoms with Crippen molar-refractivity contribution in [2.75, 3.05) is 26.4 Å². The lowest BCUT2D eigenvalue weighted by Crippen LogP contribution is -2.60. The highest BCUT2D eigenvalue weighted by Gasteiger charge is 2.79. The molecule has 0 radical (unpaired) electrons. The lowest BCUT2D eigenvalue weighted by Gasteiger charge is -2.57. The van der Waals surface area contributed by atoms with Gasteiger partial charge in [-0.25, -0.2) is 0 Å². The van der Waals surface area contributed by atoms with Gasteiger partial charge < -0.3 is 70.0 Å². The van der Waals surface area contributed by atoms with E-state index >= 15 is 0 Å². The summed E-state index contributed by atoms with van der Waals surface area (Å²) >= 11 is 0. The van der Waals surface area contributed by atoms with E-state index in [1.54, 1.807) is 0 Å². The molecule has 2 saturated heterocycles. The Bertz CT molecular complexity index is 1400. The number of aliphatic hydroxyl groups is 10. The lowest BCUT2D eigenvalue weighted by molar-refractivity contribution is -0.311. The molecule has 15 nitrogen and oxygen atoms in total. The molecule has 7 aliphatic rings. The second-order valence-electron chi connectivity index (χ2n) is 19.6. The van der Waals surface area contributed by atoms with Gasteiger partial charge in [-0.2, -0.15) is 0 Å². The Morgan fingerprint density at radius 3 is 1.89 bits per heavy atom. The van der Waals surface area contributed by atoms with Gasteiger partial charge in [0.25, 0.3) is 0 Å². The van der Waals surface area contributed by atoms with Crippen molar-refractivity contribution < 1.29 is 74.8 Å². The molecule has 0 bridgehead atoms. The monoisotopic (exact) mass is 800 g/mol. The van der Waals surface area contributed by atoms with Crippen molar-refractivity contribution in [1.29, 1.82) is 0 Å². The summed E-state index contributed by atoms with van der Waals surface area (Å²) in [7, 11) is 0. The molecule has 7 rings (SSSR count). The van der Waals surface area contributed by atoms with Gasteiger partial charge in [0.05, 0.1) is 38.1 Å². The average Bonchev–Trinajstić information content (AvgIpc) is 3.72. The average molecular weight is 801 g/mol. The second-order valence-corrected chi connectivity index (χ2v) is 19.6. The van der Waals surface area contributed by atoms with Crippen LogP contribution in [0.25, 0.3) is 0 Å². The number of hydrogen-bond acceptors (Lipinski definition) is 15. The number of carbonyl (C=O) groups excluding carboxylic acids is 1. The maximum Gasteiger partial charge on any atom is 0.186 e. The van der Waals surface area contributed by atoms with Crippen LogP contribution in [0, 0.1) is 57.7 Å². The van der Waals surface area contributed by atoms with Crippen LogP contribution >= 0.6 is 0 Å². The van der Waals surface area contributed by atoms with Crippen LogP contribution in [0.1, 0.15) is 91.9 Å². The summed E-state index contributed by atoms with van der Waals surface area (Å²) in [6.45, 7) is 6.73. The third kappa shape index (κ3) is 6.85. The minimum atomic E-state index is -1.60. The molecule has 21 atom stereocenters. The van der Waals surface area contributed by atoms with Crippen LogP contribution in [0.15, 0.2) is 0 Å². The van der Waals surface area contributed by atoms with Gasteiger partial charge in [-0.05, 0) is 103 Å². The number of carbonyl (C=O) groups is 1. The van der Waals surface area contributed by atoms with Gasteiger partial charge in [0.1, 0.15) is 54.6 Å². The van der Waals surface area contributed by atoms with Crippen LogP contribution in [0.4, 0.5) is 0 Å². The highest BCUT2D eigenvalue weighted by Crippen LogP contribution is 2.85. The summed E-state index contributed by atoms with van der Waals surface area (Å²) in [6, 6.07) is 0. The van der Waals surface area contributed by atoms with Crippen LogP contribution < -0.4 is 0 Å². The molecule has 15 heteroatoms. The van der Waals surface area contributed by atoms with Crippen molar-refractivity contribution in [2.45, 2.75) is 165 Å². The summed E-state index contributed by atoms with van der Waals surface area (Å²) in [4.78, 5) is 13.5. The van der Waals surface area contributed by atoms with Crippen molar-refractivity contribution in [3.05, 3.63) is 0 Å². The van der Waals surface area contributed by atoms with Crippen LogP contribution in [0.2, 0.25) is 0 Å². The number of fused-ring (bicyclic) bond motifs is 2. The smallest absolute Gasteiger partial charge is 0.186 e. The van der Waals surface area contributed by atoms with E-state index in [1.807, 2.05) is 13.8 Å². The molecule has 2 heterocycles. The molecule has 322 valence electrons. The van der Waals surface area contributed by atoms with E-state index in [4.69, 9.17) is 18.9 Å². The van der Waals surface area contributed by atoms with Crippen molar-refractivity contribution in [2.24, 2.45) is 57.7 Å². The van der Waals surface area contributed by atoms with E-state index in [9.17, 15) is 55.9 Å². The largest absolute Gasteiger partial charge is 0.394 e. The fourth-order valence-corrected chi connectivity index (χ4v) is 13.4. The molecule has 56 heavy (non-hydrogen) atoms. The van der Waals surface area contributed by atoms with Crippen LogP contribution in [-0.4, -0.2) is 156 Å². The van der Waals surface area contributed by atoms with Crippen LogP contribution in [0.3, 0.4) is 0 Å². The quantitative estimate of drug-likeness (QED) is 0.114. The molecule has 0 aromatic rings. The number of ketones is 1. The molecule has 5 saturated carbocycles. The molecule has 2 spiro atoms. The Hall–Kier alpha value is -0.890. The Balaban J connectivity index is 0.993. The second kappa shape index (κ2) is 15.9. The summed E-state index contributed by atoms with van der Waals surface area (Å²) in [5.41, 5.74) is -1.31. The van der Waals surface area contributed by atoms with Crippen molar-refractivity contribution >= 4 is 5.78 Å².